The number of nitrogens with one attached hydrogen (secondary N) is 1. The summed E-state index contributed by atoms with van der Waals surface area (Å²) in [5.74, 6) is -1.18. The molecular formula is C27H43N3O5. The van der Waals surface area contributed by atoms with Crippen LogP contribution in [-0.2, 0) is 25.5 Å². The maximum Gasteiger partial charge on any atom is 0.407 e. The predicted molar refractivity (Wildman–Crippen MR) is 135 cm³/mol. The molecule has 1 aliphatic rings. The van der Waals surface area contributed by atoms with Crippen molar-refractivity contribution >= 4 is 18.0 Å². The number of hydrogen-bond acceptors (Lipinski definition) is 6. The lowest BCUT2D eigenvalue weighted by Gasteiger charge is -2.39. The smallest absolute Gasteiger partial charge is 0.407 e. The zero-order valence-corrected chi connectivity index (χ0v) is 22.6. The number of esters is 1. The molecule has 0 aromatic carbocycles. The second-order valence-corrected chi connectivity index (χ2v) is 11.5. The third-order valence-corrected chi connectivity index (χ3v) is 5.86. The van der Waals surface area contributed by atoms with E-state index in [1.54, 1.807) is 11.9 Å². The van der Waals surface area contributed by atoms with Crippen LogP contribution in [0, 0.1) is 12.8 Å². The van der Waals surface area contributed by atoms with Crippen LogP contribution in [-0.4, -0.2) is 58.2 Å². The summed E-state index contributed by atoms with van der Waals surface area (Å²) >= 11 is 0. The van der Waals surface area contributed by atoms with Gasteiger partial charge in [0.05, 0.1) is 24.4 Å². The van der Waals surface area contributed by atoms with Gasteiger partial charge in [0.15, 0.2) is 0 Å². The molecule has 1 aliphatic carbocycles. The fraction of sp³-hybridized carbons (Fsp3) is 0.704. The van der Waals surface area contributed by atoms with Crippen LogP contribution in [0.2, 0.25) is 0 Å². The van der Waals surface area contributed by atoms with E-state index in [9.17, 15) is 14.4 Å². The van der Waals surface area contributed by atoms with Crippen LogP contribution in [0.4, 0.5) is 4.79 Å². The molecule has 0 bridgehead atoms. The summed E-state index contributed by atoms with van der Waals surface area (Å²) in [7, 11) is 1.76. The van der Waals surface area contributed by atoms with Crippen LogP contribution in [0.1, 0.15) is 85.0 Å². The number of aryl methyl sites for hydroxylation is 1. The average molecular weight is 490 g/mol. The molecule has 2 amide bonds. The molecule has 1 aromatic heterocycles. The molecule has 8 nitrogen and oxygen atoms in total. The molecule has 0 unspecified atom stereocenters. The lowest BCUT2D eigenvalue weighted by molar-refractivity contribution is -0.158. The van der Waals surface area contributed by atoms with Gasteiger partial charge in [-0.2, -0.15) is 0 Å². The highest BCUT2D eigenvalue weighted by Crippen LogP contribution is 2.26. The molecule has 1 N–H and O–H groups in total. The standard InChI is InChI=1S/C27H43N3O5/c1-18-12-11-13-20(28-18)16-19(17-23(31)34-26(2,3)4)24(32)30(8)22-15-10-9-14-21(22)29-25(33)35-27(5,6)7/h11-13,19,21-22H,9-10,14-17H2,1-8H3,(H,29,33)/t19-,21+,22+/m1/s1. The Morgan fingerprint density at radius 3 is 2.29 bits per heavy atom. The quantitative estimate of drug-likeness (QED) is 0.563. The topological polar surface area (TPSA) is 97.8 Å². The van der Waals surface area contributed by atoms with Gasteiger partial charge in [0.2, 0.25) is 5.91 Å². The van der Waals surface area contributed by atoms with Gasteiger partial charge in [-0.05, 0) is 73.4 Å². The molecule has 1 aromatic rings. The number of carbonyl (C=O) groups is 3. The van der Waals surface area contributed by atoms with E-state index < -0.39 is 29.2 Å². The summed E-state index contributed by atoms with van der Waals surface area (Å²) in [4.78, 5) is 45.1. The normalized spacial score (nSPS) is 19.4. The van der Waals surface area contributed by atoms with E-state index in [0.29, 0.717) is 6.42 Å². The molecule has 1 heterocycles. The van der Waals surface area contributed by atoms with Gasteiger partial charge >= 0.3 is 12.1 Å². The Morgan fingerprint density at radius 2 is 1.69 bits per heavy atom. The molecule has 0 radical (unpaired) electrons. The van der Waals surface area contributed by atoms with E-state index in [1.807, 2.05) is 66.7 Å². The number of likely N-dealkylation sites (N-methyl/N-ethyl adjacent to an activating group) is 1. The summed E-state index contributed by atoms with van der Waals surface area (Å²) in [6.07, 6.45) is 3.28. The van der Waals surface area contributed by atoms with Crippen LogP contribution >= 0.6 is 0 Å². The number of ether oxygens (including phenoxy) is 2. The number of amides is 2. The molecule has 35 heavy (non-hydrogen) atoms. The molecule has 196 valence electrons. The highest BCUT2D eigenvalue weighted by Gasteiger charge is 2.36. The van der Waals surface area contributed by atoms with Crippen LogP contribution in [0.5, 0.6) is 0 Å². The minimum atomic E-state index is -0.635. The van der Waals surface area contributed by atoms with Gasteiger partial charge < -0.3 is 19.7 Å². The van der Waals surface area contributed by atoms with Gasteiger partial charge in [-0.3, -0.25) is 14.6 Å². The van der Waals surface area contributed by atoms with Crippen LogP contribution < -0.4 is 5.32 Å². The first-order chi connectivity index (χ1) is 16.1. The SMILES string of the molecule is Cc1cccc(C[C@H](CC(=O)OC(C)(C)C)C(=O)N(C)[C@H]2CCCC[C@@H]2NC(=O)OC(C)(C)C)n1. The summed E-state index contributed by atoms with van der Waals surface area (Å²) in [5.41, 5.74) is 0.375. The summed E-state index contributed by atoms with van der Waals surface area (Å²) in [5, 5.41) is 2.97. The zero-order valence-electron chi connectivity index (χ0n) is 22.6. The number of rotatable bonds is 7. The molecule has 0 saturated heterocycles. The second kappa shape index (κ2) is 11.9. The third-order valence-electron chi connectivity index (χ3n) is 5.86. The van der Waals surface area contributed by atoms with Crippen molar-refractivity contribution in [2.75, 3.05) is 7.05 Å². The molecule has 1 saturated carbocycles. The fourth-order valence-electron chi connectivity index (χ4n) is 4.45. The molecular weight excluding hydrogens is 446 g/mol. The molecule has 2 rings (SSSR count). The first-order valence-electron chi connectivity index (χ1n) is 12.5. The molecule has 0 aliphatic heterocycles. The first kappa shape index (κ1) is 28.6. The van der Waals surface area contributed by atoms with Crippen molar-refractivity contribution in [3.63, 3.8) is 0 Å². The summed E-state index contributed by atoms with van der Waals surface area (Å²) < 4.78 is 11.0. The van der Waals surface area contributed by atoms with Crippen molar-refractivity contribution in [3.05, 3.63) is 29.6 Å². The summed E-state index contributed by atoms with van der Waals surface area (Å²) in [6, 6.07) is 5.27. The Balaban J connectivity index is 2.21. The minimum Gasteiger partial charge on any atom is -0.460 e. The number of nitrogens with zero attached hydrogens (tertiary/aromatic N) is 2. The minimum absolute atomic E-state index is 0.0348. The molecule has 3 atom stereocenters. The number of aromatic nitrogens is 1. The lowest BCUT2D eigenvalue weighted by atomic mass is 9.88. The predicted octanol–water partition coefficient (Wildman–Crippen LogP) is 4.57. The van der Waals surface area contributed by atoms with E-state index in [0.717, 1.165) is 37.1 Å². The number of pyridine rings is 1. The van der Waals surface area contributed by atoms with E-state index >= 15 is 0 Å². The van der Waals surface area contributed by atoms with Gasteiger partial charge in [-0.15, -0.1) is 0 Å². The second-order valence-electron chi connectivity index (χ2n) is 11.5. The number of alkyl carbamates (subject to hydrolysis) is 1. The van der Waals surface area contributed by atoms with Crippen molar-refractivity contribution in [1.82, 2.24) is 15.2 Å². The Labute approximate surface area is 210 Å². The van der Waals surface area contributed by atoms with Crippen molar-refractivity contribution < 1.29 is 23.9 Å². The van der Waals surface area contributed by atoms with Gasteiger partial charge in [0.25, 0.3) is 0 Å². The maximum atomic E-state index is 13.7. The maximum absolute atomic E-state index is 13.7. The van der Waals surface area contributed by atoms with E-state index in [2.05, 4.69) is 10.3 Å². The molecule has 1 fully saturated rings. The third kappa shape index (κ3) is 9.86. The largest absolute Gasteiger partial charge is 0.460 e. The van der Waals surface area contributed by atoms with Crippen LogP contribution in [0.3, 0.4) is 0 Å². The Morgan fingerprint density at radius 1 is 1.06 bits per heavy atom. The van der Waals surface area contributed by atoms with Crippen LogP contribution in [0.15, 0.2) is 18.2 Å². The molecule has 8 heteroatoms. The highest BCUT2D eigenvalue weighted by molar-refractivity contribution is 5.84. The first-order valence-corrected chi connectivity index (χ1v) is 12.5. The van der Waals surface area contributed by atoms with Crippen LogP contribution in [0.25, 0.3) is 0 Å². The average Bonchev–Trinajstić information content (AvgIpc) is 2.70. The lowest BCUT2D eigenvalue weighted by Crippen LogP contribution is -2.55. The monoisotopic (exact) mass is 489 g/mol. The van der Waals surface area contributed by atoms with E-state index in [-0.39, 0.29) is 24.4 Å². The van der Waals surface area contributed by atoms with Crippen molar-refractivity contribution in [2.45, 2.75) is 110 Å². The van der Waals surface area contributed by atoms with Crippen molar-refractivity contribution in [3.8, 4) is 0 Å². The van der Waals surface area contributed by atoms with Crippen molar-refractivity contribution in [1.29, 1.82) is 0 Å². The summed E-state index contributed by atoms with van der Waals surface area (Å²) in [6.45, 7) is 12.8. The van der Waals surface area contributed by atoms with Gasteiger partial charge in [-0.1, -0.05) is 18.9 Å². The zero-order chi connectivity index (χ0) is 26.4. The Kier molecular flexibility index (Phi) is 9.69. The Bertz CT molecular complexity index is 888. The Hall–Kier alpha value is -2.64. The number of hydrogen-bond donors (Lipinski definition) is 1. The highest BCUT2D eigenvalue weighted by atomic mass is 16.6. The molecule has 0 spiro atoms. The van der Waals surface area contributed by atoms with E-state index in [1.165, 1.54) is 0 Å². The van der Waals surface area contributed by atoms with Crippen molar-refractivity contribution in [2.24, 2.45) is 5.92 Å². The fourth-order valence-corrected chi connectivity index (χ4v) is 4.45. The van der Waals surface area contributed by atoms with E-state index in [4.69, 9.17) is 9.47 Å². The van der Waals surface area contributed by atoms with Gasteiger partial charge in [-0.25, -0.2) is 4.79 Å². The number of carbonyl (C=O) groups excluding carboxylic acids is 3. The van der Waals surface area contributed by atoms with Gasteiger partial charge in [0.1, 0.15) is 11.2 Å². The van der Waals surface area contributed by atoms with Gasteiger partial charge in [0, 0.05) is 24.9 Å².